The number of hydrogen-bond donors (Lipinski definition) is 0. The number of rotatable bonds is 4. The van der Waals surface area contributed by atoms with Crippen molar-refractivity contribution in [3.8, 4) is 11.1 Å². The fraction of sp³-hybridized carbons (Fsp3) is 0.143. The highest BCUT2D eigenvalue weighted by Gasteiger charge is 2.29. The van der Waals surface area contributed by atoms with Crippen LogP contribution in [0.5, 0.6) is 0 Å². The Kier molecular flexibility index (Phi) is 5.94. The van der Waals surface area contributed by atoms with Gasteiger partial charge in [-0.15, -0.1) is 0 Å². The van der Waals surface area contributed by atoms with Gasteiger partial charge in [-0.25, -0.2) is 0 Å². The van der Waals surface area contributed by atoms with Gasteiger partial charge in [-0.1, -0.05) is 109 Å². The molecule has 2 heterocycles. The summed E-state index contributed by atoms with van der Waals surface area (Å²) in [6.45, 7) is 0. The molecule has 3 aliphatic rings. The van der Waals surface area contributed by atoms with Gasteiger partial charge in [0.25, 0.3) is 0 Å². The first-order chi connectivity index (χ1) is 21.8. The molecule has 0 N–H and O–H groups in total. The van der Waals surface area contributed by atoms with Crippen molar-refractivity contribution in [3.05, 3.63) is 156 Å². The zero-order valence-corrected chi connectivity index (χ0v) is 24.8. The minimum Gasteiger partial charge on any atom is -0.334 e. The lowest BCUT2D eigenvalue weighted by atomic mass is 9.88. The lowest BCUT2D eigenvalue weighted by Crippen LogP contribution is -2.16. The molecule has 212 valence electrons. The molecule has 2 nitrogen and oxygen atoms in total. The third kappa shape index (κ3) is 4.02. The van der Waals surface area contributed by atoms with Gasteiger partial charge in [-0.05, 0) is 89.4 Å². The maximum absolute atomic E-state index is 2.66. The van der Waals surface area contributed by atoms with Crippen molar-refractivity contribution in [2.75, 3.05) is 0 Å². The van der Waals surface area contributed by atoms with E-state index >= 15 is 0 Å². The zero-order valence-electron chi connectivity index (χ0n) is 24.8. The normalized spacial score (nSPS) is 17.4. The van der Waals surface area contributed by atoms with Crippen molar-refractivity contribution in [2.24, 2.45) is 0 Å². The predicted octanol–water partition coefficient (Wildman–Crippen LogP) is 10.8. The van der Waals surface area contributed by atoms with Gasteiger partial charge in [0.1, 0.15) is 0 Å². The van der Waals surface area contributed by atoms with Crippen LogP contribution in [-0.2, 0) is 12.8 Å². The summed E-state index contributed by atoms with van der Waals surface area (Å²) in [7, 11) is 0. The molecule has 0 amide bonds. The van der Waals surface area contributed by atoms with E-state index in [4.69, 9.17) is 0 Å². The fourth-order valence-electron chi connectivity index (χ4n) is 7.86. The van der Waals surface area contributed by atoms with Crippen LogP contribution in [0.25, 0.3) is 56.4 Å². The van der Waals surface area contributed by atoms with Gasteiger partial charge >= 0.3 is 0 Å². The second-order valence-electron chi connectivity index (χ2n) is 12.3. The highest BCUT2D eigenvalue weighted by Crippen LogP contribution is 2.43. The summed E-state index contributed by atoms with van der Waals surface area (Å²) in [5.74, 6) is 0. The fourth-order valence-corrected chi connectivity index (χ4v) is 7.86. The van der Waals surface area contributed by atoms with Crippen molar-refractivity contribution >= 4 is 45.2 Å². The lowest BCUT2D eigenvalue weighted by Gasteiger charge is -2.27. The van der Waals surface area contributed by atoms with E-state index in [-0.39, 0.29) is 6.04 Å². The third-order valence-corrected chi connectivity index (χ3v) is 9.88. The van der Waals surface area contributed by atoms with Gasteiger partial charge in [-0.2, -0.15) is 0 Å². The van der Waals surface area contributed by atoms with E-state index in [1.807, 2.05) is 0 Å². The van der Waals surface area contributed by atoms with Gasteiger partial charge in [0.05, 0.1) is 17.1 Å². The average molecular weight is 567 g/mol. The summed E-state index contributed by atoms with van der Waals surface area (Å²) in [6.07, 6.45) is 19.7. The van der Waals surface area contributed by atoms with Crippen LogP contribution < -0.4 is 0 Å². The molecule has 6 aromatic rings. The molecule has 0 radical (unpaired) electrons. The number of hydrogen-bond acceptors (Lipinski definition) is 0. The van der Waals surface area contributed by atoms with E-state index in [0.717, 1.165) is 32.1 Å². The van der Waals surface area contributed by atoms with Crippen molar-refractivity contribution in [1.29, 1.82) is 0 Å². The quantitative estimate of drug-likeness (QED) is 0.201. The number of allylic oxidation sites excluding steroid dienone is 6. The molecule has 1 unspecified atom stereocenters. The molecular weight excluding hydrogens is 532 g/mol. The third-order valence-electron chi connectivity index (χ3n) is 9.88. The van der Waals surface area contributed by atoms with E-state index in [1.165, 1.54) is 61.2 Å². The Morgan fingerprint density at radius 2 is 1.36 bits per heavy atom. The molecule has 0 spiro atoms. The Hall–Kier alpha value is -5.08. The topological polar surface area (TPSA) is 9.86 Å². The molecule has 0 bridgehead atoms. The first-order valence-corrected chi connectivity index (χ1v) is 16.0. The van der Waals surface area contributed by atoms with Crippen LogP contribution in [0.1, 0.15) is 53.4 Å². The van der Waals surface area contributed by atoms with E-state index in [0.29, 0.717) is 0 Å². The SMILES string of the molecule is C1=CC(n2c3c(c4c2C=C(c2ccccc2)CC4)CCC=C3)CC(n2c3ccccc3c3ccc(-c4ccccc4)cc32)=C1. The van der Waals surface area contributed by atoms with Gasteiger partial charge < -0.3 is 9.13 Å². The summed E-state index contributed by atoms with van der Waals surface area (Å²) >= 11 is 0. The van der Waals surface area contributed by atoms with Crippen LogP contribution in [0.4, 0.5) is 0 Å². The molecule has 0 saturated heterocycles. The van der Waals surface area contributed by atoms with Gasteiger partial charge in [-0.3, -0.25) is 0 Å². The molecule has 44 heavy (non-hydrogen) atoms. The molecule has 2 aromatic heterocycles. The second kappa shape index (κ2) is 10.3. The Balaban J connectivity index is 1.19. The maximum atomic E-state index is 2.66. The first kappa shape index (κ1) is 25.4. The number of fused-ring (bicyclic) bond motifs is 6. The van der Waals surface area contributed by atoms with Gasteiger partial charge in [0.15, 0.2) is 0 Å². The monoisotopic (exact) mass is 566 g/mol. The van der Waals surface area contributed by atoms with Crippen LogP contribution in [0, 0.1) is 0 Å². The largest absolute Gasteiger partial charge is 0.334 e. The van der Waals surface area contributed by atoms with Crippen LogP contribution in [0.2, 0.25) is 0 Å². The Morgan fingerprint density at radius 3 is 2.23 bits per heavy atom. The number of benzene rings is 4. The van der Waals surface area contributed by atoms with Crippen LogP contribution in [0.15, 0.2) is 127 Å². The lowest BCUT2D eigenvalue weighted by molar-refractivity contribution is 0.597. The van der Waals surface area contributed by atoms with Crippen LogP contribution >= 0.6 is 0 Å². The Bertz CT molecular complexity index is 2180. The van der Waals surface area contributed by atoms with Crippen molar-refractivity contribution in [3.63, 3.8) is 0 Å². The molecule has 0 fully saturated rings. The highest BCUT2D eigenvalue weighted by atomic mass is 15.1. The maximum Gasteiger partial charge on any atom is 0.0580 e. The Labute approximate surface area is 258 Å². The number of nitrogens with zero attached hydrogens (tertiary/aromatic N) is 2. The Morgan fingerprint density at radius 1 is 0.614 bits per heavy atom. The zero-order chi connectivity index (χ0) is 29.0. The molecule has 0 aliphatic heterocycles. The first-order valence-electron chi connectivity index (χ1n) is 16.0. The molecule has 4 aromatic carbocycles. The van der Waals surface area contributed by atoms with Crippen molar-refractivity contribution in [1.82, 2.24) is 9.13 Å². The van der Waals surface area contributed by atoms with E-state index < -0.39 is 0 Å². The van der Waals surface area contributed by atoms with Gasteiger partial charge in [0, 0.05) is 34.3 Å². The summed E-state index contributed by atoms with van der Waals surface area (Å²) in [4.78, 5) is 0. The highest BCUT2D eigenvalue weighted by molar-refractivity contribution is 6.11. The molecule has 0 saturated carbocycles. The second-order valence-corrected chi connectivity index (χ2v) is 12.3. The summed E-state index contributed by atoms with van der Waals surface area (Å²) in [5, 5.41) is 2.62. The molecule has 2 heteroatoms. The molecular formula is C42H34N2. The standard InChI is InChI=1S/C42H34N2/c1-3-12-29(13-4-1)31-22-24-37-35-18-7-9-20-39(35)43(41(37)26-31)33-16-11-17-34(28-33)44-40-21-10-8-19-36(40)38-25-23-32(27-42(38)44)30-14-5-2-6-15-30/h1-7,9-18,20-22,24,26-27,34H,8,19,23,25,28H2. The van der Waals surface area contributed by atoms with Crippen molar-refractivity contribution < 1.29 is 0 Å². The van der Waals surface area contributed by atoms with E-state index in [2.05, 4.69) is 149 Å². The van der Waals surface area contributed by atoms with Crippen LogP contribution in [-0.4, -0.2) is 9.13 Å². The minimum absolute atomic E-state index is 0.246. The average Bonchev–Trinajstić information content (AvgIpc) is 3.61. The number of aromatic nitrogens is 2. The molecule has 9 rings (SSSR count). The molecule has 3 aliphatic carbocycles. The summed E-state index contributed by atoms with van der Waals surface area (Å²) in [6, 6.07) is 37.8. The van der Waals surface area contributed by atoms with Gasteiger partial charge in [0.2, 0.25) is 0 Å². The minimum atomic E-state index is 0.246. The van der Waals surface area contributed by atoms with E-state index in [1.54, 1.807) is 11.1 Å². The van der Waals surface area contributed by atoms with Crippen LogP contribution in [0.3, 0.4) is 0 Å². The van der Waals surface area contributed by atoms with E-state index in [9.17, 15) is 0 Å². The smallest absolute Gasteiger partial charge is 0.0580 e. The predicted molar refractivity (Wildman–Crippen MR) is 186 cm³/mol. The number of para-hydroxylation sites is 1. The summed E-state index contributed by atoms with van der Waals surface area (Å²) in [5.41, 5.74) is 15.1. The summed E-state index contributed by atoms with van der Waals surface area (Å²) < 4.78 is 5.19. The molecule has 1 atom stereocenters. The van der Waals surface area contributed by atoms with Crippen molar-refractivity contribution in [2.45, 2.75) is 38.1 Å².